The Hall–Kier alpha value is -3.65. The highest BCUT2D eigenvalue weighted by atomic mass is 79.9. The number of anilines is 1. The molecule has 2 atom stereocenters. The van der Waals surface area contributed by atoms with E-state index in [0.29, 0.717) is 0 Å². The molecule has 0 saturated carbocycles. The molecule has 1 saturated heterocycles. The van der Waals surface area contributed by atoms with Crippen molar-refractivity contribution in [2.24, 2.45) is 11.8 Å². The second kappa shape index (κ2) is 6.68. The van der Waals surface area contributed by atoms with Crippen LogP contribution in [-0.4, -0.2) is 23.0 Å². The van der Waals surface area contributed by atoms with Gasteiger partial charge in [-0.15, -0.1) is 0 Å². The zero-order chi connectivity index (χ0) is 23.1. The van der Waals surface area contributed by atoms with E-state index in [1.807, 2.05) is 48.5 Å². The molecule has 3 aliphatic carbocycles. The van der Waals surface area contributed by atoms with Gasteiger partial charge in [-0.3, -0.25) is 19.7 Å². The van der Waals surface area contributed by atoms with Crippen LogP contribution in [0.1, 0.15) is 28.2 Å². The molecule has 33 heavy (non-hydrogen) atoms. The first-order valence-corrected chi connectivity index (χ1v) is 11.2. The average Bonchev–Trinajstić information content (AvgIpc) is 3.10. The number of carbonyl (C=O) groups excluding carboxylic acids is 3. The number of nitro benzene ring substituents is 1. The summed E-state index contributed by atoms with van der Waals surface area (Å²) in [5.74, 6) is -2.86. The van der Waals surface area contributed by atoms with Crippen molar-refractivity contribution in [1.29, 1.82) is 0 Å². The number of hydrogen-bond donors (Lipinski definition) is 0. The van der Waals surface area contributed by atoms with E-state index in [2.05, 4.69) is 15.9 Å². The van der Waals surface area contributed by atoms with Gasteiger partial charge in [-0.2, -0.15) is 0 Å². The Bertz CT molecular complexity index is 1370. The Balaban J connectivity index is 1.60. The van der Waals surface area contributed by atoms with E-state index in [1.165, 1.54) is 18.2 Å². The van der Waals surface area contributed by atoms with Crippen molar-refractivity contribution in [2.45, 2.75) is 11.3 Å². The first-order chi connectivity index (χ1) is 15.9. The molecule has 0 N–H and O–H groups in total. The van der Waals surface area contributed by atoms with Gasteiger partial charge < -0.3 is 4.79 Å². The van der Waals surface area contributed by atoms with Gasteiger partial charge in [0.25, 0.3) is 5.69 Å². The van der Waals surface area contributed by atoms with Gasteiger partial charge in [0.15, 0.2) is 0 Å². The molecule has 3 aromatic rings. The predicted octanol–water partition coefficient (Wildman–Crippen LogP) is 4.11. The number of rotatable bonds is 3. The molecule has 7 nitrogen and oxygen atoms in total. The Labute approximate surface area is 196 Å². The molecule has 1 fully saturated rings. The molecule has 7 rings (SSSR count). The lowest BCUT2D eigenvalue weighted by Crippen LogP contribution is -2.54. The van der Waals surface area contributed by atoms with Crippen molar-refractivity contribution in [3.8, 4) is 0 Å². The van der Waals surface area contributed by atoms with E-state index < -0.39 is 34.0 Å². The molecule has 2 amide bonds. The lowest BCUT2D eigenvalue weighted by molar-refractivity contribution is -0.384. The largest absolute Gasteiger partial charge is 0.302 e. The van der Waals surface area contributed by atoms with Gasteiger partial charge in [0.2, 0.25) is 11.8 Å². The van der Waals surface area contributed by atoms with Gasteiger partial charge in [0, 0.05) is 22.5 Å². The van der Waals surface area contributed by atoms with Crippen LogP contribution >= 0.6 is 15.9 Å². The standard InChI is InChI=1S/C25H15BrN2O5/c26-18-11-13(28(32)33)9-10-19(18)27-23(30)21-20-14-5-1-3-7-16(14)25(12-29,22(21)24(27)31)17-8-4-2-6-15(17)20/h1-12,20-22H/t20?,21-,22-,25?/m0/s1. The summed E-state index contributed by atoms with van der Waals surface area (Å²) >= 11 is 3.29. The van der Waals surface area contributed by atoms with E-state index in [9.17, 15) is 24.5 Å². The first kappa shape index (κ1) is 20.0. The maximum absolute atomic E-state index is 13.9. The van der Waals surface area contributed by atoms with Crippen molar-refractivity contribution >= 4 is 45.4 Å². The van der Waals surface area contributed by atoms with Crippen LogP contribution in [0.3, 0.4) is 0 Å². The van der Waals surface area contributed by atoms with Crippen LogP contribution < -0.4 is 4.90 Å². The number of aldehydes is 1. The number of benzene rings is 3. The van der Waals surface area contributed by atoms with Gasteiger partial charge >= 0.3 is 0 Å². The number of nitro groups is 1. The summed E-state index contributed by atoms with van der Waals surface area (Å²) in [7, 11) is 0. The number of nitrogens with zero attached hydrogens (tertiary/aromatic N) is 2. The molecule has 162 valence electrons. The minimum Gasteiger partial charge on any atom is -0.302 e. The summed E-state index contributed by atoms with van der Waals surface area (Å²) in [6.07, 6.45) is 0.817. The summed E-state index contributed by atoms with van der Waals surface area (Å²) in [6, 6.07) is 18.9. The summed E-state index contributed by atoms with van der Waals surface area (Å²) in [4.78, 5) is 52.3. The van der Waals surface area contributed by atoms with Crippen molar-refractivity contribution in [3.05, 3.63) is 104 Å². The van der Waals surface area contributed by atoms with Crippen molar-refractivity contribution in [2.75, 3.05) is 4.90 Å². The highest BCUT2D eigenvalue weighted by Crippen LogP contribution is 2.63. The van der Waals surface area contributed by atoms with Crippen LogP contribution in [0.15, 0.2) is 71.2 Å². The van der Waals surface area contributed by atoms with Crippen LogP contribution in [0.25, 0.3) is 0 Å². The Kier molecular flexibility index (Phi) is 4.05. The predicted molar refractivity (Wildman–Crippen MR) is 122 cm³/mol. The molecule has 8 heteroatoms. The van der Waals surface area contributed by atoms with Gasteiger partial charge in [-0.1, -0.05) is 48.5 Å². The molecule has 0 unspecified atom stereocenters. The second-order valence-electron chi connectivity index (χ2n) is 8.55. The maximum atomic E-state index is 13.9. The number of imide groups is 1. The van der Waals surface area contributed by atoms with Gasteiger partial charge in [-0.25, -0.2) is 4.90 Å². The van der Waals surface area contributed by atoms with Gasteiger partial charge in [0.1, 0.15) is 6.29 Å². The van der Waals surface area contributed by atoms with Crippen LogP contribution in [0, 0.1) is 22.0 Å². The fourth-order valence-electron chi connectivity index (χ4n) is 6.06. The molecule has 1 heterocycles. The van der Waals surface area contributed by atoms with E-state index in [4.69, 9.17) is 0 Å². The lowest BCUT2D eigenvalue weighted by atomic mass is 9.48. The average molecular weight is 503 g/mol. The lowest BCUT2D eigenvalue weighted by Gasteiger charge is -2.51. The van der Waals surface area contributed by atoms with Gasteiger partial charge in [-0.05, 0) is 44.3 Å². The van der Waals surface area contributed by atoms with E-state index in [0.717, 1.165) is 33.4 Å². The van der Waals surface area contributed by atoms with E-state index >= 15 is 0 Å². The third-order valence-corrected chi connectivity index (χ3v) is 7.89. The third-order valence-electron chi connectivity index (χ3n) is 7.25. The summed E-state index contributed by atoms with van der Waals surface area (Å²) in [6.45, 7) is 0. The Morgan fingerprint density at radius 1 is 0.939 bits per heavy atom. The van der Waals surface area contributed by atoms with E-state index in [-0.39, 0.29) is 21.8 Å². The van der Waals surface area contributed by atoms with Crippen molar-refractivity contribution in [3.63, 3.8) is 0 Å². The molecule has 4 aliphatic rings. The summed E-state index contributed by atoms with van der Waals surface area (Å²) < 4.78 is 0.263. The number of halogens is 1. The molecule has 3 aromatic carbocycles. The van der Waals surface area contributed by atoms with Crippen LogP contribution in [0.2, 0.25) is 0 Å². The SMILES string of the molecule is O=CC12c3ccccc3C(c3ccccc31)[C@@H]1C(=O)N(c3ccc([N+](=O)[O-])cc3Br)C(=O)[C@H]12. The van der Waals surface area contributed by atoms with Crippen LogP contribution in [0.5, 0.6) is 0 Å². The minimum atomic E-state index is -1.28. The maximum Gasteiger partial charge on any atom is 0.270 e. The topological polar surface area (TPSA) is 97.6 Å². The fraction of sp³-hybridized carbons (Fsp3) is 0.160. The Morgan fingerprint density at radius 3 is 2.09 bits per heavy atom. The zero-order valence-electron chi connectivity index (χ0n) is 17.0. The number of amides is 2. The first-order valence-electron chi connectivity index (χ1n) is 10.4. The summed E-state index contributed by atoms with van der Waals surface area (Å²) in [5.41, 5.74) is 2.09. The van der Waals surface area contributed by atoms with Crippen molar-refractivity contribution < 1.29 is 19.3 Å². The fourth-order valence-corrected chi connectivity index (χ4v) is 6.60. The molecule has 1 aliphatic heterocycles. The van der Waals surface area contributed by atoms with Crippen LogP contribution in [-0.2, 0) is 19.8 Å². The number of carbonyl (C=O) groups is 3. The zero-order valence-corrected chi connectivity index (χ0v) is 18.6. The number of non-ortho nitro benzene ring substituents is 1. The monoisotopic (exact) mass is 502 g/mol. The van der Waals surface area contributed by atoms with Crippen molar-refractivity contribution in [1.82, 2.24) is 0 Å². The molecular weight excluding hydrogens is 488 g/mol. The quantitative estimate of drug-likeness (QED) is 0.232. The number of hydrogen-bond acceptors (Lipinski definition) is 5. The van der Waals surface area contributed by atoms with Crippen LogP contribution in [0.4, 0.5) is 11.4 Å². The molecule has 0 radical (unpaired) electrons. The normalized spacial score (nSPS) is 26.6. The minimum absolute atomic E-state index is 0.161. The molecule has 0 spiro atoms. The Morgan fingerprint density at radius 2 is 1.55 bits per heavy atom. The highest BCUT2D eigenvalue weighted by Gasteiger charge is 2.68. The second-order valence-corrected chi connectivity index (χ2v) is 9.40. The van der Waals surface area contributed by atoms with E-state index in [1.54, 1.807) is 0 Å². The molecule has 0 aromatic heterocycles. The highest BCUT2D eigenvalue weighted by molar-refractivity contribution is 9.10. The molecule has 2 bridgehead atoms. The smallest absolute Gasteiger partial charge is 0.270 e. The summed E-state index contributed by atoms with van der Waals surface area (Å²) in [5, 5.41) is 11.1. The van der Waals surface area contributed by atoms with Gasteiger partial charge in [0.05, 0.1) is 27.9 Å². The third kappa shape index (κ3) is 2.31. The molecular formula is C25H15BrN2O5.